The average Bonchev–Trinajstić information content (AvgIpc) is 2.37. The molecule has 0 amide bonds. The largest absolute Gasteiger partial charge is 0.388 e. The molecule has 1 atom stereocenters. The first-order valence-corrected chi connectivity index (χ1v) is 6.09. The van der Waals surface area contributed by atoms with Gasteiger partial charge in [0.25, 0.3) is 0 Å². The summed E-state index contributed by atoms with van der Waals surface area (Å²) in [4.78, 5) is 4.13. The van der Waals surface area contributed by atoms with E-state index >= 15 is 0 Å². The molecule has 0 aliphatic heterocycles. The zero-order valence-corrected chi connectivity index (χ0v) is 11.1. The molecular weight excluding hydrogens is 226 g/mol. The fourth-order valence-electron chi connectivity index (χ4n) is 2.09. The molecule has 18 heavy (non-hydrogen) atoms. The summed E-state index contributed by atoms with van der Waals surface area (Å²) in [6.45, 7) is 3.94. The molecule has 1 heterocycles. The van der Waals surface area contributed by atoms with Gasteiger partial charge in [-0.1, -0.05) is 18.2 Å². The lowest BCUT2D eigenvalue weighted by Gasteiger charge is -2.26. The van der Waals surface area contributed by atoms with Crippen molar-refractivity contribution in [1.29, 1.82) is 0 Å². The van der Waals surface area contributed by atoms with Gasteiger partial charge in [-0.15, -0.1) is 0 Å². The zero-order valence-electron chi connectivity index (χ0n) is 11.1. The van der Waals surface area contributed by atoms with Crippen molar-refractivity contribution in [2.45, 2.75) is 32.0 Å². The summed E-state index contributed by atoms with van der Waals surface area (Å²) in [6.07, 6.45) is 3.57. The van der Waals surface area contributed by atoms with Crippen molar-refractivity contribution < 1.29 is 9.84 Å². The Morgan fingerprint density at radius 3 is 2.83 bits per heavy atom. The van der Waals surface area contributed by atoms with E-state index in [0.717, 1.165) is 16.3 Å². The van der Waals surface area contributed by atoms with Gasteiger partial charge in [-0.2, -0.15) is 0 Å². The Balaban J connectivity index is 2.36. The van der Waals surface area contributed by atoms with E-state index in [9.17, 15) is 5.11 Å². The predicted molar refractivity (Wildman–Crippen MR) is 72.4 cm³/mol. The number of ether oxygens (including phenoxy) is 1. The summed E-state index contributed by atoms with van der Waals surface area (Å²) in [5.41, 5.74) is 0.565. The number of aliphatic hydroxyl groups excluding tert-OH is 1. The van der Waals surface area contributed by atoms with Gasteiger partial charge in [-0.3, -0.25) is 4.98 Å². The quantitative estimate of drug-likeness (QED) is 0.900. The number of hydrogen-bond donors (Lipinski definition) is 1. The number of aliphatic hydroxyl groups is 1. The second kappa shape index (κ2) is 5.04. The van der Waals surface area contributed by atoms with Gasteiger partial charge in [0, 0.05) is 31.3 Å². The highest BCUT2D eigenvalue weighted by Crippen LogP contribution is 2.30. The first kappa shape index (κ1) is 13.0. The number of pyridine rings is 1. The molecule has 0 aliphatic rings. The van der Waals surface area contributed by atoms with Crippen LogP contribution in [0.3, 0.4) is 0 Å². The Labute approximate surface area is 107 Å². The van der Waals surface area contributed by atoms with Crippen LogP contribution in [0.2, 0.25) is 0 Å². The lowest BCUT2D eigenvalue weighted by Crippen LogP contribution is -2.25. The summed E-state index contributed by atoms with van der Waals surface area (Å²) in [7, 11) is 1.66. The van der Waals surface area contributed by atoms with Crippen LogP contribution >= 0.6 is 0 Å². The van der Waals surface area contributed by atoms with Crippen LogP contribution in [0, 0.1) is 0 Å². The molecule has 1 N–H and O–H groups in total. The SMILES string of the molecule is COC(C)(C)CC(O)c1cccc2ccncc12. The molecule has 0 spiro atoms. The second-order valence-corrected chi connectivity index (χ2v) is 5.13. The van der Waals surface area contributed by atoms with Crippen LogP contribution < -0.4 is 0 Å². The third kappa shape index (κ3) is 2.68. The first-order chi connectivity index (χ1) is 8.53. The summed E-state index contributed by atoms with van der Waals surface area (Å²) < 4.78 is 5.37. The number of aromatic nitrogens is 1. The number of rotatable bonds is 4. The number of fused-ring (bicyclic) bond motifs is 1. The minimum atomic E-state index is -0.548. The van der Waals surface area contributed by atoms with Crippen LogP contribution in [0.5, 0.6) is 0 Å². The highest BCUT2D eigenvalue weighted by Gasteiger charge is 2.23. The highest BCUT2D eigenvalue weighted by atomic mass is 16.5. The maximum atomic E-state index is 10.4. The summed E-state index contributed by atoms with van der Waals surface area (Å²) in [5.74, 6) is 0. The zero-order chi connectivity index (χ0) is 13.2. The Kier molecular flexibility index (Phi) is 3.64. The van der Waals surface area contributed by atoms with Gasteiger partial charge in [-0.25, -0.2) is 0 Å². The Morgan fingerprint density at radius 2 is 2.11 bits per heavy atom. The van der Waals surface area contributed by atoms with Gasteiger partial charge >= 0.3 is 0 Å². The molecule has 2 aromatic rings. The fraction of sp³-hybridized carbons (Fsp3) is 0.400. The average molecular weight is 245 g/mol. The lowest BCUT2D eigenvalue weighted by atomic mass is 9.93. The van der Waals surface area contributed by atoms with E-state index in [1.165, 1.54) is 0 Å². The molecular formula is C15H19NO2. The molecule has 3 nitrogen and oxygen atoms in total. The fourth-order valence-corrected chi connectivity index (χ4v) is 2.09. The molecule has 1 unspecified atom stereocenters. The van der Waals surface area contributed by atoms with Crippen molar-refractivity contribution in [3.8, 4) is 0 Å². The molecule has 1 aromatic heterocycles. The maximum absolute atomic E-state index is 10.4. The normalized spacial score (nSPS) is 13.8. The number of nitrogens with zero attached hydrogens (tertiary/aromatic N) is 1. The third-order valence-electron chi connectivity index (χ3n) is 3.31. The Hall–Kier alpha value is -1.45. The van der Waals surface area contributed by atoms with E-state index in [1.54, 1.807) is 19.5 Å². The van der Waals surface area contributed by atoms with Crippen molar-refractivity contribution in [2.75, 3.05) is 7.11 Å². The van der Waals surface area contributed by atoms with Crippen LogP contribution in [0.4, 0.5) is 0 Å². The van der Waals surface area contributed by atoms with E-state index in [4.69, 9.17) is 4.74 Å². The topological polar surface area (TPSA) is 42.4 Å². The van der Waals surface area contributed by atoms with Gasteiger partial charge in [0.1, 0.15) is 0 Å². The molecule has 0 radical (unpaired) electrons. The molecule has 0 saturated carbocycles. The number of methoxy groups -OCH3 is 1. The van der Waals surface area contributed by atoms with Crippen molar-refractivity contribution in [2.24, 2.45) is 0 Å². The van der Waals surface area contributed by atoms with Gasteiger partial charge in [0.05, 0.1) is 11.7 Å². The van der Waals surface area contributed by atoms with Crippen molar-refractivity contribution in [1.82, 2.24) is 4.98 Å². The van der Waals surface area contributed by atoms with E-state index in [-0.39, 0.29) is 5.60 Å². The molecule has 0 bridgehead atoms. The standard InChI is InChI=1S/C15H19NO2/c1-15(2,18-3)9-14(17)12-6-4-5-11-7-8-16-10-13(11)12/h4-8,10,14,17H,9H2,1-3H3. The third-order valence-corrected chi connectivity index (χ3v) is 3.31. The van der Waals surface area contributed by atoms with E-state index in [2.05, 4.69) is 4.98 Å². The van der Waals surface area contributed by atoms with Crippen molar-refractivity contribution in [3.63, 3.8) is 0 Å². The van der Waals surface area contributed by atoms with E-state index in [1.807, 2.05) is 38.1 Å². The monoisotopic (exact) mass is 245 g/mol. The van der Waals surface area contributed by atoms with Crippen LogP contribution in [-0.4, -0.2) is 22.8 Å². The van der Waals surface area contributed by atoms with Crippen LogP contribution in [0.15, 0.2) is 36.7 Å². The number of benzene rings is 1. The smallest absolute Gasteiger partial charge is 0.0823 e. The molecule has 1 aromatic carbocycles. The van der Waals surface area contributed by atoms with Crippen LogP contribution in [0.25, 0.3) is 10.8 Å². The van der Waals surface area contributed by atoms with Gasteiger partial charge in [0.15, 0.2) is 0 Å². The molecule has 0 fully saturated rings. The van der Waals surface area contributed by atoms with Gasteiger partial charge in [-0.05, 0) is 30.9 Å². The lowest BCUT2D eigenvalue weighted by molar-refractivity contribution is -0.0197. The Bertz CT molecular complexity index is 532. The summed E-state index contributed by atoms with van der Waals surface area (Å²) >= 11 is 0. The minimum absolute atomic E-state index is 0.343. The molecule has 0 aliphatic carbocycles. The summed E-state index contributed by atoms with van der Waals surface area (Å²) in [5, 5.41) is 12.5. The molecule has 2 rings (SSSR count). The number of hydrogen-bond acceptors (Lipinski definition) is 3. The van der Waals surface area contributed by atoms with Crippen LogP contribution in [-0.2, 0) is 4.74 Å². The van der Waals surface area contributed by atoms with Crippen molar-refractivity contribution in [3.05, 3.63) is 42.2 Å². The highest BCUT2D eigenvalue weighted by molar-refractivity contribution is 5.85. The van der Waals surface area contributed by atoms with Crippen molar-refractivity contribution >= 4 is 10.8 Å². The predicted octanol–water partition coefficient (Wildman–Crippen LogP) is 3.08. The second-order valence-electron chi connectivity index (χ2n) is 5.13. The summed E-state index contributed by atoms with van der Waals surface area (Å²) in [6, 6.07) is 7.88. The minimum Gasteiger partial charge on any atom is -0.388 e. The molecule has 3 heteroatoms. The molecule has 0 saturated heterocycles. The van der Waals surface area contributed by atoms with Gasteiger partial charge < -0.3 is 9.84 Å². The maximum Gasteiger partial charge on any atom is 0.0823 e. The Morgan fingerprint density at radius 1 is 1.33 bits per heavy atom. The van der Waals surface area contributed by atoms with E-state index in [0.29, 0.717) is 6.42 Å². The van der Waals surface area contributed by atoms with Crippen LogP contribution in [0.1, 0.15) is 31.9 Å². The van der Waals surface area contributed by atoms with E-state index < -0.39 is 6.10 Å². The molecule has 96 valence electrons. The van der Waals surface area contributed by atoms with Gasteiger partial charge in [0.2, 0.25) is 0 Å². The first-order valence-electron chi connectivity index (χ1n) is 6.09.